The van der Waals surface area contributed by atoms with Crippen LogP contribution in [0.25, 0.3) is 0 Å². The van der Waals surface area contributed by atoms with E-state index in [0.29, 0.717) is 5.92 Å². The van der Waals surface area contributed by atoms with E-state index >= 15 is 0 Å². The largest absolute Gasteiger partial charge is 0.316 e. The Kier molecular flexibility index (Phi) is 4.32. The lowest BCUT2D eigenvalue weighted by molar-refractivity contribution is 0.242. The lowest BCUT2D eigenvalue weighted by Crippen LogP contribution is -2.47. The van der Waals surface area contributed by atoms with Crippen LogP contribution >= 0.6 is 11.3 Å². The highest BCUT2D eigenvalue weighted by Gasteiger charge is 2.23. The van der Waals surface area contributed by atoms with Crippen molar-refractivity contribution < 1.29 is 0 Å². The molecule has 4 heteroatoms. The molecule has 1 aromatic rings. The number of nitrogens with zero attached hydrogens (tertiary/aromatic N) is 1. The van der Waals surface area contributed by atoms with Gasteiger partial charge in [-0.3, -0.25) is 0 Å². The standard InChI is InChI=1S/C12H21N3S/c1-9(11-7-14-8-11)5-13-6-10(2)12-15-3-4-16-12/h3-4,9-11,13-14H,5-8H2,1-2H3. The molecule has 2 N–H and O–H groups in total. The lowest BCUT2D eigenvalue weighted by Gasteiger charge is -2.33. The molecule has 0 bridgehead atoms. The minimum atomic E-state index is 0.534. The molecular formula is C12H21N3S. The van der Waals surface area contributed by atoms with E-state index in [-0.39, 0.29) is 0 Å². The second-order valence-electron chi connectivity index (χ2n) is 4.83. The van der Waals surface area contributed by atoms with Gasteiger partial charge in [0, 0.05) is 24.0 Å². The Morgan fingerprint density at radius 2 is 2.31 bits per heavy atom. The molecule has 0 spiro atoms. The number of nitrogens with one attached hydrogen (secondary N) is 2. The van der Waals surface area contributed by atoms with Crippen molar-refractivity contribution in [2.75, 3.05) is 26.2 Å². The molecule has 0 aliphatic carbocycles. The Labute approximate surface area is 102 Å². The molecule has 1 aliphatic heterocycles. The molecule has 1 saturated heterocycles. The summed E-state index contributed by atoms with van der Waals surface area (Å²) in [5.74, 6) is 2.19. The van der Waals surface area contributed by atoms with Crippen LogP contribution in [0.15, 0.2) is 11.6 Å². The highest BCUT2D eigenvalue weighted by atomic mass is 32.1. The van der Waals surface area contributed by atoms with Gasteiger partial charge in [0.15, 0.2) is 0 Å². The Hall–Kier alpha value is -0.450. The van der Waals surface area contributed by atoms with Crippen LogP contribution in [0, 0.1) is 11.8 Å². The summed E-state index contributed by atoms with van der Waals surface area (Å²) >= 11 is 1.75. The molecule has 0 radical (unpaired) electrons. The van der Waals surface area contributed by atoms with Crippen LogP contribution in [0.3, 0.4) is 0 Å². The van der Waals surface area contributed by atoms with Gasteiger partial charge in [0.1, 0.15) is 0 Å². The molecule has 1 fully saturated rings. The van der Waals surface area contributed by atoms with E-state index in [9.17, 15) is 0 Å². The maximum absolute atomic E-state index is 4.34. The second-order valence-corrected chi connectivity index (χ2v) is 5.75. The second kappa shape index (κ2) is 5.75. The molecule has 0 saturated carbocycles. The first-order valence-corrected chi connectivity index (χ1v) is 6.96. The van der Waals surface area contributed by atoms with Crippen LogP contribution in [0.4, 0.5) is 0 Å². The lowest BCUT2D eigenvalue weighted by atomic mass is 9.89. The van der Waals surface area contributed by atoms with Gasteiger partial charge in [0.2, 0.25) is 0 Å². The number of aromatic nitrogens is 1. The predicted molar refractivity (Wildman–Crippen MR) is 68.9 cm³/mol. The van der Waals surface area contributed by atoms with Gasteiger partial charge in [0.25, 0.3) is 0 Å². The van der Waals surface area contributed by atoms with Crippen LogP contribution < -0.4 is 10.6 Å². The molecule has 2 rings (SSSR count). The predicted octanol–water partition coefficient (Wildman–Crippen LogP) is 1.69. The molecule has 1 aliphatic rings. The average molecular weight is 239 g/mol. The topological polar surface area (TPSA) is 37.0 Å². The Balaban J connectivity index is 1.63. The minimum absolute atomic E-state index is 0.534. The minimum Gasteiger partial charge on any atom is -0.316 e. The molecule has 2 heterocycles. The number of rotatable bonds is 6. The summed E-state index contributed by atoms with van der Waals surface area (Å²) in [5.41, 5.74) is 0. The Bertz CT molecular complexity index is 295. The molecule has 0 aromatic carbocycles. The van der Waals surface area contributed by atoms with Gasteiger partial charge in [-0.25, -0.2) is 4.98 Å². The number of thiazole rings is 1. The summed E-state index contributed by atoms with van der Waals surface area (Å²) in [7, 11) is 0. The van der Waals surface area contributed by atoms with Gasteiger partial charge in [-0.15, -0.1) is 11.3 Å². The molecular weight excluding hydrogens is 218 g/mol. The highest BCUT2D eigenvalue weighted by molar-refractivity contribution is 7.09. The van der Waals surface area contributed by atoms with Crippen molar-refractivity contribution in [2.24, 2.45) is 11.8 Å². The van der Waals surface area contributed by atoms with Crippen molar-refractivity contribution in [3.05, 3.63) is 16.6 Å². The normalized spacial score (nSPS) is 20.4. The summed E-state index contributed by atoms with van der Waals surface area (Å²) in [5, 5.41) is 10.2. The fraction of sp³-hybridized carbons (Fsp3) is 0.750. The van der Waals surface area contributed by atoms with Gasteiger partial charge in [-0.05, 0) is 31.5 Å². The van der Waals surface area contributed by atoms with Crippen molar-refractivity contribution in [1.29, 1.82) is 0 Å². The van der Waals surface area contributed by atoms with Crippen LogP contribution in [-0.2, 0) is 0 Å². The van der Waals surface area contributed by atoms with Crippen molar-refractivity contribution in [3.8, 4) is 0 Å². The molecule has 2 atom stereocenters. The van der Waals surface area contributed by atoms with Gasteiger partial charge in [0.05, 0.1) is 5.01 Å². The van der Waals surface area contributed by atoms with E-state index in [0.717, 1.165) is 24.9 Å². The summed E-state index contributed by atoms with van der Waals surface area (Å²) in [6, 6.07) is 0. The van der Waals surface area contributed by atoms with Crippen LogP contribution in [0.2, 0.25) is 0 Å². The summed E-state index contributed by atoms with van der Waals surface area (Å²) in [6.07, 6.45) is 1.89. The molecule has 2 unspecified atom stereocenters. The summed E-state index contributed by atoms with van der Waals surface area (Å²) in [6.45, 7) is 9.14. The molecule has 3 nitrogen and oxygen atoms in total. The highest BCUT2D eigenvalue weighted by Crippen LogP contribution is 2.17. The van der Waals surface area contributed by atoms with E-state index in [2.05, 4.69) is 34.8 Å². The molecule has 0 amide bonds. The average Bonchev–Trinajstić information content (AvgIpc) is 2.67. The van der Waals surface area contributed by atoms with E-state index in [1.165, 1.54) is 18.1 Å². The van der Waals surface area contributed by atoms with Crippen LogP contribution in [0.1, 0.15) is 24.8 Å². The van der Waals surface area contributed by atoms with Crippen LogP contribution in [-0.4, -0.2) is 31.2 Å². The zero-order chi connectivity index (χ0) is 11.4. The maximum atomic E-state index is 4.34. The van der Waals surface area contributed by atoms with E-state index < -0.39 is 0 Å². The van der Waals surface area contributed by atoms with Gasteiger partial charge in [-0.2, -0.15) is 0 Å². The van der Waals surface area contributed by atoms with E-state index in [4.69, 9.17) is 0 Å². The summed E-state index contributed by atoms with van der Waals surface area (Å²) < 4.78 is 0. The maximum Gasteiger partial charge on any atom is 0.0965 e. The molecule has 90 valence electrons. The first-order chi connectivity index (χ1) is 7.77. The van der Waals surface area contributed by atoms with E-state index in [1.807, 2.05) is 6.20 Å². The van der Waals surface area contributed by atoms with Crippen molar-refractivity contribution in [1.82, 2.24) is 15.6 Å². The Morgan fingerprint density at radius 1 is 1.50 bits per heavy atom. The third kappa shape index (κ3) is 3.03. The van der Waals surface area contributed by atoms with Gasteiger partial charge < -0.3 is 10.6 Å². The summed E-state index contributed by atoms with van der Waals surface area (Å²) in [4.78, 5) is 4.34. The zero-order valence-corrected chi connectivity index (χ0v) is 10.9. The third-order valence-electron chi connectivity index (χ3n) is 3.41. The smallest absolute Gasteiger partial charge is 0.0965 e. The fourth-order valence-corrected chi connectivity index (χ4v) is 2.67. The van der Waals surface area contributed by atoms with Crippen molar-refractivity contribution in [2.45, 2.75) is 19.8 Å². The first kappa shape index (κ1) is 12.0. The quantitative estimate of drug-likeness (QED) is 0.793. The zero-order valence-electron chi connectivity index (χ0n) is 10.1. The third-order valence-corrected chi connectivity index (χ3v) is 4.41. The Morgan fingerprint density at radius 3 is 2.88 bits per heavy atom. The first-order valence-electron chi connectivity index (χ1n) is 6.08. The van der Waals surface area contributed by atoms with Crippen molar-refractivity contribution in [3.63, 3.8) is 0 Å². The van der Waals surface area contributed by atoms with Gasteiger partial charge in [-0.1, -0.05) is 13.8 Å². The molecule has 16 heavy (non-hydrogen) atoms. The van der Waals surface area contributed by atoms with E-state index in [1.54, 1.807) is 11.3 Å². The fourth-order valence-electron chi connectivity index (χ4n) is 1.97. The number of hydrogen-bond donors (Lipinski definition) is 2. The molecule has 1 aromatic heterocycles. The van der Waals surface area contributed by atoms with Crippen LogP contribution in [0.5, 0.6) is 0 Å². The number of hydrogen-bond acceptors (Lipinski definition) is 4. The van der Waals surface area contributed by atoms with Crippen molar-refractivity contribution >= 4 is 11.3 Å². The monoisotopic (exact) mass is 239 g/mol. The SMILES string of the molecule is CC(CNCC(C)C1CNC1)c1nccs1. The van der Waals surface area contributed by atoms with Gasteiger partial charge >= 0.3 is 0 Å².